The Morgan fingerprint density at radius 3 is 2.33 bits per heavy atom. The molecule has 0 heterocycles. The molecular formula is C29H42Cl2N4O4S. The molecule has 40 heavy (non-hydrogen) atoms. The number of hydrogen-bond acceptors (Lipinski definition) is 5. The second-order valence-electron chi connectivity index (χ2n) is 10.5. The Hall–Kier alpha value is -2.04. The van der Waals surface area contributed by atoms with E-state index < -0.39 is 10.0 Å². The first-order chi connectivity index (χ1) is 19.0. The number of carbonyl (C=O) groups excluding carboxylic acids is 1. The van der Waals surface area contributed by atoms with Gasteiger partial charge in [0.25, 0.3) is 0 Å². The zero-order valence-electron chi connectivity index (χ0n) is 23.9. The Morgan fingerprint density at radius 1 is 1.00 bits per heavy atom. The Bertz CT molecular complexity index is 1260. The Morgan fingerprint density at radius 2 is 1.68 bits per heavy atom. The molecule has 2 aromatic carbocycles. The van der Waals surface area contributed by atoms with Gasteiger partial charge in [-0.15, -0.1) is 0 Å². The molecule has 2 amide bonds. The lowest BCUT2D eigenvalue weighted by atomic mass is 10.1. The number of unbranched alkanes of at least 4 members (excludes halogenated alkanes) is 5. The van der Waals surface area contributed by atoms with Crippen molar-refractivity contribution in [3.05, 3.63) is 57.1 Å². The highest BCUT2D eigenvalue weighted by atomic mass is 35.5. The van der Waals surface area contributed by atoms with E-state index in [0.717, 1.165) is 61.6 Å². The third-order valence-corrected chi connectivity index (χ3v) is 9.17. The van der Waals surface area contributed by atoms with Crippen LogP contribution in [0.15, 0.2) is 35.2 Å². The highest BCUT2D eigenvalue weighted by molar-refractivity contribution is 7.89. The Kier molecular flexibility index (Phi) is 12.4. The number of hydrogen-bond donors (Lipinski definition) is 3. The van der Waals surface area contributed by atoms with E-state index in [-0.39, 0.29) is 23.1 Å². The molecule has 0 aliphatic heterocycles. The number of fused-ring (bicyclic) bond motifs is 1. The quantitative estimate of drug-likeness (QED) is 0.219. The topological polar surface area (TPSA) is 99.8 Å². The van der Waals surface area contributed by atoms with Crippen molar-refractivity contribution in [2.45, 2.75) is 75.8 Å². The van der Waals surface area contributed by atoms with Gasteiger partial charge in [0.2, 0.25) is 10.0 Å². The molecule has 222 valence electrons. The zero-order valence-corrected chi connectivity index (χ0v) is 26.2. The number of amides is 2. The number of nitrogens with one attached hydrogen (secondary N) is 3. The van der Waals surface area contributed by atoms with Gasteiger partial charge in [-0.1, -0.05) is 48.9 Å². The molecule has 0 saturated carbocycles. The molecule has 0 saturated heterocycles. The smallest absolute Gasteiger partial charge is 0.314 e. The minimum atomic E-state index is -3.62. The van der Waals surface area contributed by atoms with Gasteiger partial charge in [-0.3, -0.25) is 0 Å². The van der Waals surface area contributed by atoms with Crippen LogP contribution in [0.5, 0.6) is 5.75 Å². The maximum atomic E-state index is 12.9. The molecule has 0 fully saturated rings. The average molecular weight is 614 g/mol. The number of halogens is 2. The minimum Gasteiger partial charge on any atom is -0.484 e. The van der Waals surface area contributed by atoms with E-state index in [9.17, 15) is 13.2 Å². The highest BCUT2D eigenvalue weighted by Crippen LogP contribution is 2.42. The summed E-state index contributed by atoms with van der Waals surface area (Å²) in [7, 11) is 0.386. The first-order valence-corrected chi connectivity index (χ1v) is 16.2. The lowest BCUT2D eigenvalue weighted by Gasteiger charge is -2.28. The Balaban J connectivity index is 1.48. The predicted molar refractivity (Wildman–Crippen MR) is 162 cm³/mol. The molecule has 1 aliphatic carbocycles. The van der Waals surface area contributed by atoms with Crippen LogP contribution in [0.25, 0.3) is 0 Å². The molecule has 11 heteroatoms. The molecule has 8 nitrogen and oxygen atoms in total. The summed E-state index contributed by atoms with van der Waals surface area (Å²) >= 11 is 12.8. The predicted octanol–water partition coefficient (Wildman–Crippen LogP) is 5.85. The summed E-state index contributed by atoms with van der Waals surface area (Å²) in [5.74, 6) is 0.626. The van der Waals surface area contributed by atoms with Crippen LogP contribution < -0.4 is 20.1 Å². The van der Waals surface area contributed by atoms with Gasteiger partial charge in [0.15, 0.2) is 0 Å². The van der Waals surface area contributed by atoms with Gasteiger partial charge in [0.05, 0.1) is 10.9 Å². The summed E-state index contributed by atoms with van der Waals surface area (Å²) in [6.45, 7) is 5.42. The maximum Gasteiger partial charge on any atom is 0.314 e. The van der Waals surface area contributed by atoms with Crippen molar-refractivity contribution < 1.29 is 17.9 Å². The Labute approximate surface area is 249 Å². The third kappa shape index (κ3) is 8.98. The zero-order chi connectivity index (χ0) is 29.3. The molecule has 0 unspecified atom stereocenters. The lowest BCUT2D eigenvalue weighted by molar-refractivity contribution is 0.110. The first-order valence-electron chi connectivity index (χ1n) is 14.0. The van der Waals surface area contributed by atoms with Gasteiger partial charge in [0, 0.05) is 35.2 Å². The number of benzene rings is 2. The van der Waals surface area contributed by atoms with Gasteiger partial charge in [-0.25, -0.2) is 17.9 Å². The highest BCUT2D eigenvalue weighted by Gasteiger charge is 2.37. The van der Waals surface area contributed by atoms with Gasteiger partial charge >= 0.3 is 6.03 Å². The van der Waals surface area contributed by atoms with Crippen molar-refractivity contribution in [2.24, 2.45) is 0 Å². The second kappa shape index (κ2) is 15.3. The number of ether oxygens (including phenoxy) is 1. The van der Waals surface area contributed by atoms with Gasteiger partial charge < -0.3 is 20.3 Å². The van der Waals surface area contributed by atoms with Crippen molar-refractivity contribution in [1.82, 2.24) is 20.3 Å². The number of rotatable bonds is 15. The van der Waals surface area contributed by atoms with Gasteiger partial charge in [-0.2, -0.15) is 0 Å². The van der Waals surface area contributed by atoms with Crippen LogP contribution in [0, 0.1) is 6.92 Å². The van der Waals surface area contributed by atoms with Crippen molar-refractivity contribution in [1.29, 1.82) is 0 Å². The van der Waals surface area contributed by atoms with Crippen LogP contribution in [0.2, 0.25) is 10.0 Å². The number of aryl methyl sites for hydroxylation is 1. The van der Waals surface area contributed by atoms with Crippen molar-refractivity contribution in [3.63, 3.8) is 0 Å². The largest absolute Gasteiger partial charge is 0.484 e. The standard InChI is InChI=1S/C29H42Cl2N4O4S/c1-5-32-29(36)33-14-10-8-6-7-9-11-15-34-40(37,38)22-12-13-27(20(2)16-22)39-28-24-17-21(30)18-25(31)23(24)19-26(28)35(3)4/h12-13,16-18,26,28,34H,5-11,14-15,19H2,1-4H3,(H2,32,33,36)/t26-,28-/m0/s1. The van der Waals surface area contributed by atoms with E-state index in [1.54, 1.807) is 24.3 Å². The molecule has 1 aliphatic rings. The van der Waals surface area contributed by atoms with E-state index in [1.807, 2.05) is 34.0 Å². The molecule has 3 N–H and O–H groups in total. The van der Waals surface area contributed by atoms with Crippen LogP contribution >= 0.6 is 23.2 Å². The first kappa shape index (κ1) is 32.5. The van der Waals surface area contributed by atoms with E-state index in [0.29, 0.717) is 35.4 Å². The monoisotopic (exact) mass is 612 g/mol. The van der Waals surface area contributed by atoms with Gasteiger partial charge in [0.1, 0.15) is 11.9 Å². The summed E-state index contributed by atoms with van der Waals surface area (Å²) < 4.78 is 35.0. The summed E-state index contributed by atoms with van der Waals surface area (Å²) in [5.41, 5.74) is 2.73. The molecule has 0 bridgehead atoms. The molecule has 0 radical (unpaired) electrons. The van der Waals surface area contributed by atoms with E-state index >= 15 is 0 Å². The lowest BCUT2D eigenvalue weighted by Crippen LogP contribution is -2.35. The van der Waals surface area contributed by atoms with Crippen LogP contribution in [-0.4, -0.2) is 59.1 Å². The number of sulfonamides is 1. The molecule has 2 aromatic rings. The average Bonchev–Trinajstić information content (AvgIpc) is 3.25. The van der Waals surface area contributed by atoms with E-state index in [2.05, 4.69) is 20.3 Å². The van der Waals surface area contributed by atoms with E-state index in [1.165, 1.54) is 0 Å². The van der Waals surface area contributed by atoms with Crippen molar-refractivity contribution in [3.8, 4) is 5.75 Å². The second-order valence-corrected chi connectivity index (χ2v) is 13.1. The van der Waals surface area contributed by atoms with Crippen molar-refractivity contribution in [2.75, 3.05) is 33.7 Å². The number of urea groups is 1. The van der Waals surface area contributed by atoms with E-state index in [4.69, 9.17) is 27.9 Å². The normalized spacial score (nSPS) is 16.7. The summed E-state index contributed by atoms with van der Waals surface area (Å²) in [6.07, 6.45) is 6.24. The molecular weight excluding hydrogens is 571 g/mol. The molecule has 2 atom stereocenters. The molecule has 0 spiro atoms. The number of likely N-dealkylation sites (N-methyl/N-ethyl adjacent to an activating group) is 1. The fourth-order valence-corrected chi connectivity index (χ4v) is 6.69. The minimum absolute atomic E-state index is 0.0689. The summed E-state index contributed by atoms with van der Waals surface area (Å²) in [4.78, 5) is 13.7. The van der Waals surface area contributed by atoms with Crippen molar-refractivity contribution >= 4 is 39.3 Å². The van der Waals surface area contributed by atoms with Crippen LogP contribution in [0.1, 0.15) is 68.2 Å². The summed E-state index contributed by atoms with van der Waals surface area (Å²) in [6, 6.07) is 8.57. The molecule has 3 rings (SSSR count). The fraction of sp³-hybridized carbons (Fsp3) is 0.552. The fourth-order valence-electron chi connectivity index (χ4n) is 4.94. The maximum absolute atomic E-state index is 12.9. The number of carbonyl (C=O) groups is 1. The molecule has 0 aromatic heterocycles. The summed E-state index contributed by atoms with van der Waals surface area (Å²) in [5, 5.41) is 6.72. The van der Waals surface area contributed by atoms with Crippen LogP contribution in [-0.2, 0) is 16.4 Å². The van der Waals surface area contributed by atoms with Crippen LogP contribution in [0.4, 0.5) is 4.79 Å². The number of nitrogens with zero attached hydrogens (tertiary/aromatic N) is 1. The third-order valence-electron chi connectivity index (χ3n) is 7.16. The van der Waals surface area contributed by atoms with Crippen LogP contribution in [0.3, 0.4) is 0 Å². The van der Waals surface area contributed by atoms with Gasteiger partial charge in [-0.05, 0) is 88.7 Å². The SMILES string of the molecule is CCNC(=O)NCCCCCCCCNS(=O)(=O)c1ccc(O[C@H]2c3cc(Cl)cc(Cl)c3C[C@@H]2N(C)C)c(C)c1.